The number of aliphatic imine (C=N–C) groups is 1. The van der Waals surface area contributed by atoms with Crippen molar-refractivity contribution in [3.8, 4) is 5.75 Å². The summed E-state index contributed by atoms with van der Waals surface area (Å²) in [4.78, 5) is 56.8. The second-order valence-electron chi connectivity index (χ2n) is 6.63. The van der Waals surface area contributed by atoms with Crippen molar-refractivity contribution in [1.29, 1.82) is 0 Å². The number of carbonyl (C=O) groups is 4. The standard InChI is InChI=1S/C21H17N3O6/c25-18-11-16(22-14-6-2-3-7-15(14)23-18)13-5-1-4-8-17(13)29-12-21(28)30-24-19(26)9-10-20(24)27/h1-8H,9-12H2,(H,23,25). The van der Waals surface area contributed by atoms with Crippen molar-refractivity contribution in [2.45, 2.75) is 19.3 Å². The van der Waals surface area contributed by atoms with E-state index >= 15 is 0 Å². The monoisotopic (exact) mass is 407 g/mol. The molecule has 2 aliphatic heterocycles. The Balaban J connectivity index is 1.52. The molecule has 3 amide bonds. The van der Waals surface area contributed by atoms with Gasteiger partial charge in [0.15, 0.2) is 6.61 Å². The normalized spacial score (nSPS) is 15.8. The van der Waals surface area contributed by atoms with Gasteiger partial charge in [-0.05, 0) is 24.3 Å². The molecule has 2 aromatic carbocycles. The molecule has 9 nitrogen and oxygen atoms in total. The summed E-state index contributed by atoms with van der Waals surface area (Å²) in [5.74, 6) is -1.92. The van der Waals surface area contributed by atoms with Gasteiger partial charge >= 0.3 is 5.97 Å². The lowest BCUT2D eigenvalue weighted by molar-refractivity contribution is -0.198. The third-order valence-corrected chi connectivity index (χ3v) is 4.50. The van der Waals surface area contributed by atoms with Gasteiger partial charge in [0, 0.05) is 18.4 Å². The van der Waals surface area contributed by atoms with E-state index in [1.807, 2.05) is 6.07 Å². The highest BCUT2D eigenvalue weighted by Crippen LogP contribution is 2.30. The topological polar surface area (TPSA) is 114 Å². The van der Waals surface area contributed by atoms with Crippen molar-refractivity contribution in [2.24, 2.45) is 4.99 Å². The number of carbonyl (C=O) groups excluding carboxylic acids is 4. The molecule has 0 atom stereocenters. The molecule has 0 bridgehead atoms. The van der Waals surface area contributed by atoms with Gasteiger partial charge in [-0.15, -0.1) is 5.06 Å². The summed E-state index contributed by atoms with van der Waals surface area (Å²) in [6.45, 7) is -0.524. The molecule has 2 heterocycles. The van der Waals surface area contributed by atoms with Crippen molar-refractivity contribution in [3.63, 3.8) is 0 Å². The molecule has 0 unspecified atom stereocenters. The van der Waals surface area contributed by atoms with Gasteiger partial charge in [-0.1, -0.05) is 24.3 Å². The summed E-state index contributed by atoms with van der Waals surface area (Å²) in [5, 5.41) is 3.27. The number of hydroxylamine groups is 2. The molecule has 0 aliphatic carbocycles. The highest BCUT2D eigenvalue weighted by Gasteiger charge is 2.33. The minimum absolute atomic E-state index is 0.0131. The van der Waals surface area contributed by atoms with Crippen LogP contribution in [0.5, 0.6) is 5.75 Å². The van der Waals surface area contributed by atoms with E-state index in [2.05, 4.69) is 10.3 Å². The number of rotatable bonds is 5. The molecule has 30 heavy (non-hydrogen) atoms. The molecule has 1 saturated heterocycles. The number of fused-ring (bicyclic) bond motifs is 1. The lowest BCUT2D eigenvalue weighted by atomic mass is 10.1. The van der Waals surface area contributed by atoms with E-state index in [1.165, 1.54) is 0 Å². The number of hydrogen-bond donors (Lipinski definition) is 1. The van der Waals surface area contributed by atoms with E-state index in [4.69, 9.17) is 9.57 Å². The van der Waals surface area contributed by atoms with Crippen LogP contribution in [-0.2, 0) is 24.0 Å². The number of ether oxygens (including phenoxy) is 1. The summed E-state index contributed by atoms with van der Waals surface area (Å²) < 4.78 is 5.56. The van der Waals surface area contributed by atoms with Crippen molar-refractivity contribution in [3.05, 3.63) is 54.1 Å². The minimum atomic E-state index is -0.890. The molecule has 0 spiro atoms. The first kappa shape index (κ1) is 19.3. The van der Waals surface area contributed by atoms with Crippen LogP contribution in [0.1, 0.15) is 24.8 Å². The van der Waals surface area contributed by atoms with E-state index in [1.54, 1.807) is 42.5 Å². The van der Waals surface area contributed by atoms with E-state index in [0.717, 1.165) is 0 Å². The Morgan fingerprint density at radius 2 is 1.70 bits per heavy atom. The molecule has 152 valence electrons. The van der Waals surface area contributed by atoms with Gasteiger partial charge in [0.05, 0.1) is 23.5 Å². The highest BCUT2D eigenvalue weighted by molar-refractivity contribution is 6.17. The van der Waals surface area contributed by atoms with Crippen LogP contribution in [0.3, 0.4) is 0 Å². The SMILES string of the molecule is O=C1CC(c2ccccc2OCC(=O)ON2C(=O)CCC2=O)=Nc2ccccc2N1. The van der Waals surface area contributed by atoms with Crippen molar-refractivity contribution < 1.29 is 28.8 Å². The average Bonchev–Trinajstić information content (AvgIpc) is 2.95. The van der Waals surface area contributed by atoms with Crippen LogP contribution in [0.4, 0.5) is 11.4 Å². The van der Waals surface area contributed by atoms with E-state index in [9.17, 15) is 19.2 Å². The van der Waals surface area contributed by atoms with Crippen LogP contribution >= 0.6 is 0 Å². The van der Waals surface area contributed by atoms with Gasteiger partial charge in [-0.2, -0.15) is 0 Å². The number of hydrogen-bond acceptors (Lipinski definition) is 7. The molecule has 0 saturated carbocycles. The molecule has 0 radical (unpaired) electrons. The fourth-order valence-electron chi connectivity index (χ4n) is 3.12. The van der Waals surface area contributed by atoms with Crippen LogP contribution < -0.4 is 10.1 Å². The Bertz CT molecular complexity index is 1060. The van der Waals surface area contributed by atoms with Crippen LogP contribution in [0.15, 0.2) is 53.5 Å². The number of amides is 3. The zero-order valence-electron chi connectivity index (χ0n) is 15.8. The maximum atomic E-state index is 12.3. The number of anilines is 1. The Morgan fingerprint density at radius 1 is 1.00 bits per heavy atom. The first-order valence-corrected chi connectivity index (χ1v) is 9.26. The van der Waals surface area contributed by atoms with E-state index < -0.39 is 24.4 Å². The average molecular weight is 407 g/mol. The number of para-hydroxylation sites is 3. The van der Waals surface area contributed by atoms with Gasteiger partial charge in [0.1, 0.15) is 5.75 Å². The zero-order valence-corrected chi connectivity index (χ0v) is 15.8. The van der Waals surface area contributed by atoms with Crippen LogP contribution in [0.2, 0.25) is 0 Å². The largest absolute Gasteiger partial charge is 0.481 e. The van der Waals surface area contributed by atoms with Gasteiger partial charge in [-0.25, -0.2) is 9.79 Å². The number of nitrogens with zero attached hydrogens (tertiary/aromatic N) is 2. The summed E-state index contributed by atoms with van der Waals surface area (Å²) in [5.41, 5.74) is 2.25. The lowest BCUT2D eigenvalue weighted by Crippen LogP contribution is -2.34. The number of nitrogens with one attached hydrogen (secondary N) is 1. The second kappa shape index (κ2) is 8.16. The molecule has 2 aromatic rings. The molecule has 1 fully saturated rings. The predicted molar refractivity (Wildman–Crippen MR) is 105 cm³/mol. The van der Waals surface area contributed by atoms with E-state index in [-0.39, 0.29) is 25.2 Å². The van der Waals surface area contributed by atoms with Crippen molar-refractivity contribution in [1.82, 2.24) is 5.06 Å². The van der Waals surface area contributed by atoms with Crippen LogP contribution in [0.25, 0.3) is 0 Å². The molecule has 0 aromatic heterocycles. The first-order chi connectivity index (χ1) is 14.5. The molecule has 9 heteroatoms. The summed E-state index contributed by atoms with van der Waals surface area (Å²) in [6.07, 6.45) is 0.0502. The van der Waals surface area contributed by atoms with Gasteiger partial charge in [-0.3, -0.25) is 14.4 Å². The smallest absolute Gasteiger partial charge is 0.370 e. The summed E-state index contributed by atoms with van der Waals surface area (Å²) in [6, 6.07) is 14.0. The number of imide groups is 1. The Labute approximate surface area is 171 Å². The van der Waals surface area contributed by atoms with Gasteiger partial charge < -0.3 is 14.9 Å². The van der Waals surface area contributed by atoms with Gasteiger partial charge in [0.25, 0.3) is 11.8 Å². The summed E-state index contributed by atoms with van der Waals surface area (Å²) >= 11 is 0. The Morgan fingerprint density at radius 3 is 2.50 bits per heavy atom. The Hall–Kier alpha value is -4.01. The number of benzene rings is 2. The zero-order chi connectivity index (χ0) is 21.1. The van der Waals surface area contributed by atoms with Crippen molar-refractivity contribution in [2.75, 3.05) is 11.9 Å². The first-order valence-electron chi connectivity index (χ1n) is 9.26. The fourth-order valence-corrected chi connectivity index (χ4v) is 3.12. The third-order valence-electron chi connectivity index (χ3n) is 4.50. The van der Waals surface area contributed by atoms with Crippen LogP contribution in [0, 0.1) is 0 Å². The molecule has 1 N–H and O–H groups in total. The maximum Gasteiger partial charge on any atom is 0.370 e. The molecular weight excluding hydrogens is 390 g/mol. The van der Waals surface area contributed by atoms with Crippen LogP contribution in [-0.4, -0.2) is 41.1 Å². The minimum Gasteiger partial charge on any atom is -0.481 e. The molecule has 2 aliphatic rings. The quantitative estimate of drug-likeness (QED) is 0.760. The second-order valence-corrected chi connectivity index (χ2v) is 6.63. The fraction of sp³-hybridized carbons (Fsp3) is 0.190. The maximum absolute atomic E-state index is 12.3. The van der Waals surface area contributed by atoms with E-state index in [0.29, 0.717) is 33.5 Å². The summed E-state index contributed by atoms with van der Waals surface area (Å²) in [7, 11) is 0. The van der Waals surface area contributed by atoms with Gasteiger partial charge in [0.2, 0.25) is 5.91 Å². The Kier molecular flexibility index (Phi) is 5.25. The van der Waals surface area contributed by atoms with Crippen molar-refractivity contribution >= 4 is 40.8 Å². The third kappa shape index (κ3) is 4.04. The lowest BCUT2D eigenvalue weighted by Gasteiger charge is -2.14. The molecule has 4 rings (SSSR count). The highest BCUT2D eigenvalue weighted by atomic mass is 16.7. The predicted octanol–water partition coefficient (Wildman–Crippen LogP) is 2.14. The molecular formula is C21H17N3O6.